The van der Waals surface area contributed by atoms with Crippen molar-refractivity contribution < 1.29 is 9.59 Å². The first-order valence-corrected chi connectivity index (χ1v) is 7.56. The predicted molar refractivity (Wildman–Crippen MR) is 85.3 cm³/mol. The number of halogens is 1. The molecule has 1 aliphatic heterocycles. The van der Waals surface area contributed by atoms with Gasteiger partial charge in [-0.15, -0.1) is 0 Å². The minimum atomic E-state index is -0.394. The number of carbonyl (C=O) groups excluding carboxylic acids is 2. The number of amides is 2. The summed E-state index contributed by atoms with van der Waals surface area (Å²) in [5.74, 6) is -0.292. The molecule has 112 valence electrons. The maximum atomic E-state index is 12.4. The highest BCUT2D eigenvalue weighted by Crippen LogP contribution is 2.26. The molecule has 1 aromatic rings. The first-order chi connectivity index (χ1) is 9.71. The Labute approximate surface area is 133 Å². The van der Waals surface area contributed by atoms with Gasteiger partial charge in [0.2, 0.25) is 5.91 Å². The molecule has 0 aliphatic carbocycles. The van der Waals surface area contributed by atoms with Gasteiger partial charge in [0.15, 0.2) is 0 Å². The molecule has 1 heterocycles. The van der Waals surface area contributed by atoms with E-state index >= 15 is 0 Å². The van der Waals surface area contributed by atoms with Crippen LogP contribution in [0.1, 0.15) is 26.3 Å². The van der Waals surface area contributed by atoms with Crippen LogP contribution in [-0.4, -0.2) is 33.7 Å². The summed E-state index contributed by atoms with van der Waals surface area (Å²) in [4.78, 5) is 27.8. The summed E-state index contributed by atoms with van der Waals surface area (Å²) in [6.07, 6.45) is 0. The van der Waals surface area contributed by atoms with Crippen LogP contribution < -0.4 is 0 Å². The Morgan fingerprint density at radius 3 is 2.43 bits per heavy atom. The van der Waals surface area contributed by atoms with Crippen molar-refractivity contribution in [3.63, 3.8) is 0 Å². The number of rotatable bonds is 2. The van der Waals surface area contributed by atoms with E-state index in [-0.39, 0.29) is 24.1 Å². The van der Waals surface area contributed by atoms with Crippen molar-refractivity contribution in [3.8, 4) is 0 Å². The van der Waals surface area contributed by atoms with Gasteiger partial charge < -0.3 is 9.80 Å². The van der Waals surface area contributed by atoms with Gasteiger partial charge in [-0.05, 0) is 32.4 Å². The van der Waals surface area contributed by atoms with Gasteiger partial charge in [-0.3, -0.25) is 9.59 Å². The van der Waals surface area contributed by atoms with E-state index in [9.17, 15) is 9.59 Å². The van der Waals surface area contributed by atoms with Crippen LogP contribution in [0.15, 0.2) is 41.0 Å². The Hall–Kier alpha value is -1.62. The molecule has 0 bridgehead atoms. The van der Waals surface area contributed by atoms with Crippen LogP contribution in [0, 0.1) is 0 Å². The summed E-state index contributed by atoms with van der Waals surface area (Å²) in [6, 6.07) is 7.65. The minimum Gasteiger partial charge on any atom is -0.323 e. The fourth-order valence-electron chi connectivity index (χ4n) is 2.24. The number of benzene rings is 1. The van der Waals surface area contributed by atoms with E-state index in [4.69, 9.17) is 0 Å². The van der Waals surface area contributed by atoms with Gasteiger partial charge in [0.25, 0.3) is 5.91 Å². The van der Waals surface area contributed by atoms with Crippen LogP contribution >= 0.6 is 15.9 Å². The van der Waals surface area contributed by atoms with Crippen molar-refractivity contribution in [2.45, 2.75) is 32.9 Å². The zero-order valence-electron chi connectivity index (χ0n) is 12.5. The lowest BCUT2D eigenvalue weighted by Gasteiger charge is -2.42. The van der Waals surface area contributed by atoms with Gasteiger partial charge in [0.1, 0.15) is 12.2 Å². The van der Waals surface area contributed by atoms with Crippen molar-refractivity contribution >= 4 is 27.7 Å². The van der Waals surface area contributed by atoms with Crippen molar-refractivity contribution in [2.75, 3.05) is 6.54 Å². The monoisotopic (exact) mass is 350 g/mol. The second-order valence-electron chi connectivity index (χ2n) is 6.08. The van der Waals surface area contributed by atoms with Crippen LogP contribution in [0.3, 0.4) is 0 Å². The van der Waals surface area contributed by atoms with Crippen LogP contribution in [0.25, 0.3) is 0 Å². The Morgan fingerprint density at radius 1 is 1.24 bits per heavy atom. The molecule has 0 atom stereocenters. The van der Waals surface area contributed by atoms with Gasteiger partial charge in [-0.2, -0.15) is 0 Å². The molecule has 2 rings (SSSR count). The maximum Gasteiger partial charge on any atom is 0.270 e. The van der Waals surface area contributed by atoms with E-state index in [1.54, 1.807) is 4.90 Å². The second-order valence-corrected chi connectivity index (χ2v) is 6.93. The SMILES string of the molecule is C=C1C(=O)N(C(C)(C)C)CC(=O)N1Cc1ccccc1Br. The molecule has 0 N–H and O–H groups in total. The smallest absolute Gasteiger partial charge is 0.270 e. The molecular formula is C16H19BrN2O2. The summed E-state index contributed by atoms with van der Waals surface area (Å²) in [7, 11) is 0. The highest BCUT2D eigenvalue weighted by atomic mass is 79.9. The number of nitrogens with zero attached hydrogens (tertiary/aromatic N) is 2. The average molecular weight is 351 g/mol. The molecule has 1 fully saturated rings. The summed E-state index contributed by atoms with van der Waals surface area (Å²) in [5, 5.41) is 0. The standard InChI is InChI=1S/C16H19BrN2O2/c1-11-15(21)19(16(2,3)4)10-14(20)18(11)9-12-7-5-6-8-13(12)17/h5-8H,1,9-10H2,2-4H3. The summed E-state index contributed by atoms with van der Waals surface area (Å²) >= 11 is 3.46. The number of hydrogen-bond acceptors (Lipinski definition) is 2. The van der Waals surface area contributed by atoms with Crippen LogP contribution in [0.4, 0.5) is 0 Å². The lowest BCUT2D eigenvalue weighted by atomic mass is 10.0. The van der Waals surface area contributed by atoms with E-state index in [2.05, 4.69) is 22.5 Å². The predicted octanol–water partition coefficient (Wildman–Crippen LogP) is 2.93. The summed E-state index contributed by atoms with van der Waals surface area (Å²) < 4.78 is 0.913. The third kappa shape index (κ3) is 3.18. The van der Waals surface area contributed by atoms with Gasteiger partial charge >= 0.3 is 0 Å². The molecule has 0 spiro atoms. The molecule has 4 nitrogen and oxygen atoms in total. The van der Waals surface area contributed by atoms with Crippen LogP contribution in [0.2, 0.25) is 0 Å². The molecule has 0 unspecified atom stereocenters. The first kappa shape index (κ1) is 15.8. The molecule has 0 saturated carbocycles. The van der Waals surface area contributed by atoms with Crippen molar-refractivity contribution in [3.05, 3.63) is 46.6 Å². The van der Waals surface area contributed by atoms with Gasteiger partial charge in [-0.1, -0.05) is 40.7 Å². The molecule has 1 saturated heterocycles. The molecule has 0 aromatic heterocycles. The van der Waals surface area contributed by atoms with Gasteiger partial charge in [0.05, 0.1) is 6.54 Å². The molecule has 0 radical (unpaired) electrons. The van der Waals surface area contributed by atoms with E-state index in [1.165, 1.54) is 4.90 Å². The van der Waals surface area contributed by atoms with E-state index in [0.29, 0.717) is 6.54 Å². The quantitative estimate of drug-likeness (QED) is 0.769. The third-order valence-corrected chi connectivity index (χ3v) is 4.28. The highest BCUT2D eigenvalue weighted by Gasteiger charge is 2.38. The topological polar surface area (TPSA) is 40.6 Å². The van der Waals surface area contributed by atoms with Crippen molar-refractivity contribution in [1.82, 2.24) is 9.80 Å². The first-order valence-electron chi connectivity index (χ1n) is 6.76. The Kier molecular flexibility index (Phi) is 4.23. The molecule has 1 aliphatic rings. The molecule has 5 heteroatoms. The lowest BCUT2D eigenvalue weighted by molar-refractivity contribution is -0.150. The third-order valence-electron chi connectivity index (χ3n) is 3.51. The Morgan fingerprint density at radius 2 is 1.86 bits per heavy atom. The normalized spacial score (nSPS) is 16.7. The molecule has 2 amide bonds. The number of hydrogen-bond donors (Lipinski definition) is 0. The molecule has 21 heavy (non-hydrogen) atoms. The molecular weight excluding hydrogens is 332 g/mol. The summed E-state index contributed by atoms with van der Waals surface area (Å²) in [5.41, 5.74) is 0.788. The zero-order chi connectivity index (χ0) is 15.8. The van der Waals surface area contributed by atoms with Crippen LogP contribution in [-0.2, 0) is 16.1 Å². The van der Waals surface area contributed by atoms with E-state index < -0.39 is 5.54 Å². The highest BCUT2D eigenvalue weighted by molar-refractivity contribution is 9.10. The zero-order valence-corrected chi connectivity index (χ0v) is 14.1. The summed E-state index contributed by atoms with van der Waals surface area (Å²) in [6.45, 7) is 9.99. The van der Waals surface area contributed by atoms with E-state index in [1.807, 2.05) is 45.0 Å². The lowest BCUT2D eigenvalue weighted by Crippen LogP contribution is -2.57. The fourth-order valence-corrected chi connectivity index (χ4v) is 2.65. The van der Waals surface area contributed by atoms with Gasteiger partial charge in [0, 0.05) is 10.0 Å². The Bertz CT molecular complexity index is 605. The van der Waals surface area contributed by atoms with Crippen LogP contribution in [0.5, 0.6) is 0 Å². The Balaban J connectivity index is 2.24. The largest absolute Gasteiger partial charge is 0.323 e. The minimum absolute atomic E-state index is 0.0891. The van der Waals surface area contributed by atoms with Crippen molar-refractivity contribution in [2.24, 2.45) is 0 Å². The fraction of sp³-hybridized carbons (Fsp3) is 0.375. The van der Waals surface area contributed by atoms with Crippen molar-refractivity contribution in [1.29, 1.82) is 0 Å². The number of piperazine rings is 1. The molecule has 1 aromatic carbocycles. The second kappa shape index (κ2) is 5.64. The van der Waals surface area contributed by atoms with Gasteiger partial charge in [-0.25, -0.2) is 0 Å². The number of carbonyl (C=O) groups is 2. The maximum absolute atomic E-state index is 12.4. The average Bonchev–Trinajstić information content (AvgIpc) is 2.39. The van der Waals surface area contributed by atoms with E-state index in [0.717, 1.165) is 10.0 Å².